The number of primary amides is 1. The monoisotopic (exact) mass is 472 g/mol. The molecule has 190 valence electrons. The number of hydrogen-bond acceptors (Lipinski definition) is 7. The van der Waals surface area contributed by atoms with E-state index in [1.165, 1.54) is 0 Å². The summed E-state index contributed by atoms with van der Waals surface area (Å²) in [6.45, 7) is 4.36. The van der Waals surface area contributed by atoms with Gasteiger partial charge in [-0.05, 0) is 52.0 Å². The van der Waals surface area contributed by atoms with Crippen LogP contribution in [0.2, 0.25) is 0 Å². The number of likely N-dealkylation sites (N-methyl/N-ethyl adjacent to an activating group) is 1. The van der Waals surface area contributed by atoms with Crippen LogP contribution in [0, 0.1) is 0 Å². The second-order valence-corrected chi connectivity index (χ2v) is 7.51. The van der Waals surface area contributed by atoms with Crippen molar-refractivity contribution in [3.8, 4) is 0 Å². The number of rotatable bonds is 19. The summed E-state index contributed by atoms with van der Waals surface area (Å²) >= 11 is 0. The Morgan fingerprint density at radius 1 is 0.788 bits per heavy atom. The molecular formula is C21H40N6O6. The number of carbonyl (C=O) groups is 5. The summed E-state index contributed by atoms with van der Waals surface area (Å²) in [7, 11) is 0. The Morgan fingerprint density at radius 3 is 1.97 bits per heavy atom. The zero-order valence-electron chi connectivity index (χ0n) is 19.7. The fourth-order valence-corrected chi connectivity index (χ4v) is 2.85. The summed E-state index contributed by atoms with van der Waals surface area (Å²) in [6.07, 6.45) is 3.36. The molecule has 0 aromatic heterocycles. The van der Waals surface area contributed by atoms with Gasteiger partial charge in [-0.15, -0.1) is 0 Å². The van der Waals surface area contributed by atoms with Crippen LogP contribution in [0.5, 0.6) is 0 Å². The average molecular weight is 473 g/mol. The first-order valence-electron chi connectivity index (χ1n) is 11.4. The van der Waals surface area contributed by atoms with Gasteiger partial charge in [0.15, 0.2) is 0 Å². The van der Waals surface area contributed by atoms with Gasteiger partial charge in [0.1, 0.15) is 25.3 Å². The third kappa shape index (κ3) is 15.7. The number of amides is 5. The molecule has 0 rings (SSSR count). The van der Waals surface area contributed by atoms with E-state index in [0.29, 0.717) is 58.2 Å². The molecule has 0 saturated carbocycles. The first kappa shape index (κ1) is 30.3. The van der Waals surface area contributed by atoms with E-state index in [1.807, 2.05) is 0 Å². The van der Waals surface area contributed by atoms with Crippen LogP contribution in [-0.4, -0.2) is 74.5 Å². The number of carbonyl (C=O) groups excluding carboxylic acids is 5. The molecule has 12 nitrogen and oxygen atoms in total. The van der Waals surface area contributed by atoms with Gasteiger partial charge in [0, 0.05) is 19.5 Å². The predicted molar refractivity (Wildman–Crippen MR) is 123 cm³/mol. The number of nitrogens with one attached hydrogen (secondary N) is 4. The highest BCUT2D eigenvalue weighted by Gasteiger charge is 2.24. The Hall–Kier alpha value is -2.73. The van der Waals surface area contributed by atoms with E-state index in [0.717, 1.165) is 0 Å². The molecule has 33 heavy (non-hydrogen) atoms. The minimum absolute atomic E-state index is 0.187. The second-order valence-electron chi connectivity index (χ2n) is 7.51. The molecule has 0 aliphatic carbocycles. The van der Waals surface area contributed by atoms with Crippen LogP contribution in [0.4, 0.5) is 0 Å². The summed E-state index contributed by atoms with van der Waals surface area (Å²) in [4.78, 5) is 59.1. The van der Waals surface area contributed by atoms with E-state index in [9.17, 15) is 24.0 Å². The maximum atomic E-state index is 12.7. The van der Waals surface area contributed by atoms with E-state index >= 15 is 0 Å². The molecule has 0 bridgehead atoms. The fourth-order valence-electron chi connectivity index (χ4n) is 2.85. The number of unbranched alkanes of at least 4 members (excludes halogenated alkanes) is 2. The molecular weight excluding hydrogens is 432 g/mol. The van der Waals surface area contributed by atoms with Gasteiger partial charge in [0.2, 0.25) is 29.5 Å². The molecule has 2 atom stereocenters. The lowest BCUT2D eigenvalue weighted by Gasteiger charge is -2.22. The Labute approximate surface area is 195 Å². The quantitative estimate of drug-likeness (QED) is 0.122. The highest BCUT2D eigenvalue weighted by Crippen LogP contribution is 2.05. The van der Waals surface area contributed by atoms with Crippen LogP contribution in [0.3, 0.4) is 0 Å². The van der Waals surface area contributed by atoms with Gasteiger partial charge in [0.25, 0.3) is 0 Å². The van der Waals surface area contributed by atoms with Crippen LogP contribution < -0.4 is 32.7 Å². The molecule has 0 radical (unpaired) electrons. The molecule has 0 heterocycles. The Bertz CT molecular complexity index is 630. The Morgan fingerprint density at radius 2 is 1.39 bits per heavy atom. The van der Waals surface area contributed by atoms with Gasteiger partial charge in [0.05, 0.1) is 0 Å². The molecule has 0 aromatic rings. The molecule has 0 aromatic carbocycles. The molecule has 5 amide bonds. The lowest BCUT2D eigenvalue weighted by molar-refractivity contribution is -0.131. The third-order valence-electron chi connectivity index (χ3n) is 4.66. The maximum Gasteiger partial charge on any atom is 0.246 e. The molecule has 8 N–H and O–H groups in total. The number of nitrogens with two attached hydrogens (primary N) is 2. The summed E-state index contributed by atoms with van der Waals surface area (Å²) in [5.41, 5.74) is 10.8. The average Bonchev–Trinajstić information content (AvgIpc) is 2.77. The molecule has 12 heteroatoms. The predicted octanol–water partition coefficient (Wildman–Crippen LogP) is -1.58. The summed E-state index contributed by atoms with van der Waals surface area (Å²) in [6, 6.07) is -1.64. The van der Waals surface area contributed by atoms with Crippen LogP contribution in [0.1, 0.15) is 58.8 Å². The lowest BCUT2D eigenvalue weighted by Crippen LogP contribution is -2.52. The van der Waals surface area contributed by atoms with E-state index in [4.69, 9.17) is 16.2 Å². The minimum atomic E-state index is -0.830. The third-order valence-corrected chi connectivity index (χ3v) is 4.66. The van der Waals surface area contributed by atoms with E-state index < -0.39 is 23.9 Å². The molecule has 0 aliphatic rings. The van der Waals surface area contributed by atoms with E-state index in [-0.39, 0.29) is 37.4 Å². The van der Waals surface area contributed by atoms with Crippen LogP contribution in [0.25, 0.3) is 0 Å². The standard InChI is InChI=1S/C21H40N6O6/c1-3-17(28)26-16(21(32)27-15(20(23)31)9-5-7-11-22)10-6-8-12-25-19(30)14-33-13-18(29)24-4-2/h15-16H,3-14,22H2,1-2H3,(H2,23,31)(H,24,29)(H,25,30)(H,26,28)(H,27,32)/t15-,16?/m1/s1. The van der Waals surface area contributed by atoms with Crippen molar-refractivity contribution in [2.45, 2.75) is 70.9 Å². The van der Waals surface area contributed by atoms with Crippen molar-refractivity contribution in [2.75, 3.05) is 32.8 Å². The maximum absolute atomic E-state index is 12.7. The molecule has 0 fully saturated rings. The Balaban J connectivity index is 4.46. The molecule has 0 spiro atoms. The first-order valence-corrected chi connectivity index (χ1v) is 11.4. The normalized spacial score (nSPS) is 12.3. The van der Waals surface area contributed by atoms with Crippen molar-refractivity contribution in [3.63, 3.8) is 0 Å². The molecule has 0 saturated heterocycles. The zero-order valence-corrected chi connectivity index (χ0v) is 19.7. The minimum Gasteiger partial charge on any atom is -0.368 e. The van der Waals surface area contributed by atoms with Gasteiger partial charge in [-0.25, -0.2) is 0 Å². The van der Waals surface area contributed by atoms with Crippen LogP contribution in [0.15, 0.2) is 0 Å². The fraction of sp³-hybridized carbons (Fsp3) is 0.762. The van der Waals surface area contributed by atoms with Gasteiger partial charge in [-0.2, -0.15) is 0 Å². The summed E-state index contributed by atoms with van der Waals surface area (Å²) in [5, 5.41) is 10.5. The molecule has 1 unspecified atom stereocenters. The van der Waals surface area contributed by atoms with Crippen LogP contribution in [-0.2, 0) is 28.7 Å². The zero-order chi connectivity index (χ0) is 25.1. The van der Waals surface area contributed by atoms with Gasteiger partial charge in [-0.3, -0.25) is 24.0 Å². The number of ether oxygens (including phenoxy) is 1. The highest BCUT2D eigenvalue weighted by molar-refractivity contribution is 5.91. The highest BCUT2D eigenvalue weighted by atomic mass is 16.5. The summed E-state index contributed by atoms with van der Waals surface area (Å²) < 4.78 is 5.01. The van der Waals surface area contributed by atoms with Crippen molar-refractivity contribution in [3.05, 3.63) is 0 Å². The SMILES string of the molecule is CCNC(=O)COCC(=O)NCCCCC(NC(=O)CC)C(=O)N[C@H](CCCCN)C(N)=O. The topological polar surface area (TPSA) is 195 Å². The van der Waals surface area contributed by atoms with Crippen molar-refractivity contribution in [1.29, 1.82) is 0 Å². The lowest BCUT2D eigenvalue weighted by atomic mass is 10.1. The first-order chi connectivity index (χ1) is 15.7. The Kier molecular flexibility index (Phi) is 17.2. The van der Waals surface area contributed by atoms with E-state index in [2.05, 4.69) is 21.3 Å². The van der Waals surface area contributed by atoms with Crippen LogP contribution >= 0.6 is 0 Å². The van der Waals surface area contributed by atoms with Crippen molar-refractivity contribution in [1.82, 2.24) is 21.3 Å². The largest absolute Gasteiger partial charge is 0.368 e. The smallest absolute Gasteiger partial charge is 0.246 e. The van der Waals surface area contributed by atoms with Gasteiger partial charge < -0.3 is 37.5 Å². The number of hydrogen-bond donors (Lipinski definition) is 6. The van der Waals surface area contributed by atoms with Crippen molar-refractivity contribution < 1.29 is 28.7 Å². The summed E-state index contributed by atoms with van der Waals surface area (Å²) in [5.74, 6) is -2.04. The second kappa shape index (κ2) is 18.8. The van der Waals surface area contributed by atoms with Gasteiger partial charge >= 0.3 is 0 Å². The van der Waals surface area contributed by atoms with Crippen molar-refractivity contribution >= 4 is 29.5 Å². The molecule has 0 aliphatic heterocycles. The van der Waals surface area contributed by atoms with Gasteiger partial charge in [-0.1, -0.05) is 6.92 Å². The van der Waals surface area contributed by atoms with E-state index in [1.54, 1.807) is 13.8 Å². The van der Waals surface area contributed by atoms with Crippen molar-refractivity contribution in [2.24, 2.45) is 11.5 Å².